The van der Waals surface area contributed by atoms with Crippen LogP contribution in [0.2, 0.25) is 0 Å². The molecule has 0 heterocycles. The molecule has 0 saturated carbocycles. The van der Waals surface area contributed by atoms with Gasteiger partial charge in [0.05, 0.1) is 16.2 Å². The summed E-state index contributed by atoms with van der Waals surface area (Å²) in [6.45, 7) is 7.76. The third kappa shape index (κ3) is 10.7. The van der Waals surface area contributed by atoms with Crippen LogP contribution in [0.5, 0.6) is 23.0 Å². The third-order valence-corrected chi connectivity index (χ3v) is 23.5. The summed E-state index contributed by atoms with van der Waals surface area (Å²) in [7, 11) is 0. The largest absolute Gasteiger partial charge is 0.457 e. The van der Waals surface area contributed by atoms with Gasteiger partial charge < -0.3 is 19.3 Å². The highest BCUT2D eigenvalue weighted by molar-refractivity contribution is 5.99. The smallest absolute Gasteiger partial charge is 0.160 e. The van der Waals surface area contributed by atoms with E-state index < -0.39 is 62.8 Å². The summed E-state index contributed by atoms with van der Waals surface area (Å²) in [4.78, 5) is 3.77. The molecule has 0 saturated heterocycles. The Labute approximate surface area is 658 Å². The van der Waals surface area contributed by atoms with Gasteiger partial charge in [-0.3, -0.25) is 0 Å². The Kier molecular flexibility index (Phi) is 16.4. The highest BCUT2D eigenvalue weighted by Gasteiger charge is 2.54. The molecule has 0 radical (unpaired) electrons. The number of ether oxygens (including phenoxy) is 2. The van der Waals surface area contributed by atoms with Crippen molar-refractivity contribution in [3.63, 3.8) is 0 Å². The Morgan fingerprint density at radius 1 is 0.209 bits per heavy atom. The maximum absolute atomic E-state index is 16.5. The zero-order valence-corrected chi connectivity index (χ0v) is 61.1. The monoisotopic (exact) mass is 1510 g/mol. The molecule has 0 N–H and O–H groups in total. The van der Waals surface area contributed by atoms with Crippen LogP contribution in [0.3, 0.4) is 0 Å². The quantitative estimate of drug-likeness (QED) is 0.0900. The fourth-order valence-electron chi connectivity index (χ4n) is 18.5. The Hall–Kier alpha value is -14.4. The Morgan fingerprint density at radius 3 is 0.739 bits per heavy atom. The summed E-state index contributed by atoms with van der Waals surface area (Å²) in [6, 6.07) is 102. The van der Waals surface area contributed by atoms with E-state index in [2.05, 4.69) is 61.7 Å². The molecule has 1 spiro atoms. The van der Waals surface area contributed by atoms with Gasteiger partial charge in [-0.2, -0.15) is 0 Å². The first kappa shape index (κ1) is 69.8. The molecule has 16 aromatic rings. The van der Waals surface area contributed by atoms with E-state index >= 15 is 35.1 Å². The number of nitrogens with zero attached hydrogens (tertiary/aromatic N) is 2. The van der Waals surface area contributed by atoms with E-state index in [0.29, 0.717) is 79.1 Å². The van der Waals surface area contributed by atoms with Gasteiger partial charge in [-0.25, -0.2) is 35.1 Å². The SMILES string of the molecule is C=Cc1ccc(Oc2ccc(C3(c4ccc(F)c(F)c4)c4ccccc4-c4ccc(N(c5ccc(F)c(F)c5)c5ccc6c(c5)C5(c7ccccc7-6)c6ccccc6-c6ccc(N(c7ccc(F)c(F)c7)c7ccc8c(c7)C(c7ccc(Oc9ccc(C=C)cc9)cc7)(c7ccc(F)c(F)c7)c7ccccc7-8)cc65)cc43)cc2)cc1. The first-order valence-electron chi connectivity index (χ1n) is 37.6. The maximum atomic E-state index is 16.5. The van der Waals surface area contributed by atoms with Gasteiger partial charge in [-0.05, 0) is 268 Å². The first-order valence-corrected chi connectivity index (χ1v) is 37.6. The normalized spacial score (nSPS) is 16.0. The lowest BCUT2D eigenvalue weighted by atomic mass is 9.67. The van der Waals surface area contributed by atoms with Crippen LogP contribution in [0.15, 0.2) is 353 Å². The van der Waals surface area contributed by atoms with E-state index in [-0.39, 0.29) is 11.4 Å². The fourth-order valence-corrected chi connectivity index (χ4v) is 18.5. The van der Waals surface area contributed by atoms with Crippen LogP contribution in [-0.4, -0.2) is 0 Å². The molecule has 20 rings (SSSR count). The van der Waals surface area contributed by atoms with E-state index in [4.69, 9.17) is 9.47 Å². The molecule has 0 amide bonds. The van der Waals surface area contributed by atoms with Gasteiger partial charge in [0.25, 0.3) is 0 Å². The van der Waals surface area contributed by atoms with Gasteiger partial charge in [0.1, 0.15) is 23.0 Å². The summed E-state index contributed by atoms with van der Waals surface area (Å²) in [5.74, 6) is -6.21. The van der Waals surface area contributed by atoms with Crippen LogP contribution in [0.1, 0.15) is 77.9 Å². The maximum Gasteiger partial charge on any atom is 0.160 e. The van der Waals surface area contributed by atoms with Crippen molar-refractivity contribution >= 4 is 46.3 Å². The Morgan fingerprint density at radius 2 is 0.443 bits per heavy atom. The van der Waals surface area contributed by atoms with E-state index in [1.165, 1.54) is 24.3 Å². The van der Waals surface area contributed by atoms with Crippen molar-refractivity contribution < 1.29 is 44.6 Å². The minimum atomic E-state index is -1.33. The molecule has 0 bridgehead atoms. The van der Waals surface area contributed by atoms with Crippen LogP contribution in [0, 0.1) is 46.5 Å². The second-order valence-electron chi connectivity index (χ2n) is 29.3. The molecule has 0 fully saturated rings. The third-order valence-electron chi connectivity index (χ3n) is 23.5. The van der Waals surface area contributed by atoms with E-state index in [1.807, 2.05) is 228 Å². The van der Waals surface area contributed by atoms with Gasteiger partial charge in [0.2, 0.25) is 0 Å². The Balaban J connectivity index is 0.776. The number of fused-ring (bicyclic) bond motifs is 16. The van der Waals surface area contributed by atoms with Crippen molar-refractivity contribution in [3.8, 4) is 67.5 Å². The van der Waals surface area contributed by atoms with E-state index in [0.717, 1.165) is 125 Å². The lowest BCUT2D eigenvalue weighted by molar-refractivity contribution is 0.482. The average Bonchev–Trinajstić information content (AvgIpc) is 1.49. The number of rotatable bonds is 16. The van der Waals surface area contributed by atoms with Gasteiger partial charge in [0, 0.05) is 46.3 Å². The van der Waals surface area contributed by atoms with Crippen LogP contribution in [0.4, 0.5) is 69.2 Å². The van der Waals surface area contributed by atoms with Crippen LogP contribution in [0.25, 0.3) is 56.7 Å². The van der Waals surface area contributed by atoms with Crippen molar-refractivity contribution in [2.24, 2.45) is 0 Å². The lowest BCUT2D eigenvalue weighted by Crippen LogP contribution is -2.29. The molecule has 0 aromatic heterocycles. The number of anilines is 6. The molecule has 2 unspecified atom stereocenters. The molecule has 2 atom stereocenters. The zero-order valence-electron chi connectivity index (χ0n) is 61.1. The second-order valence-corrected chi connectivity index (χ2v) is 29.3. The number of benzene rings is 16. The van der Waals surface area contributed by atoms with Gasteiger partial charge in [-0.1, -0.05) is 207 Å². The molecular formula is C103H62F8N2O2. The standard InChI is InChI=1S/C103H62F8N2O2/c1-3-61-21-37-73(38-22-61)114-75-41-25-63(26-42-75)101(65-29-49-93(104)97(108)53-65)85-17-9-5-13-77(85)81-45-31-67(55-89(81)101)112(71-35-51-95(106)99(110)59-71)69-33-47-83-79-15-7-11-19-87(79)103(91(83)57-69)88-20-12-8-16-80(88)84-48-34-70(58-92(84)103)113(72-36-52-96(107)100(111)60-72)68-32-46-82-78-14-6-10-18-86(78)102(90(82)56-68,66-30-50-94(105)98(109)54-66)64-27-43-76(44-28-64)115-74-39-23-62(4-2)24-40-74/h3-60H,1-2H2. The van der Waals surface area contributed by atoms with E-state index in [1.54, 1.807) is 24.3 Å². The van der Waals surface area contributed by atoms with E-state index in [9.17, 15) is 0 Å². The number of hydrogen-bond acceptors (Lipinski definition) is 4. The van der Waals surface area contributed by atoms with Crippen molar-refractivity contribution in [1.82, 2.24) is 0 Å². The molecule has 16 aromatic carbocycles. The molecule has 0 aliphatic heterocycles. The van der Waals surface area contributed by atoms with Crippen molar-refractivity contribution in [2.75, 3.05) is 9.80 Å². The summed E-state index contributed by atoms with van der Waals surface area (Å²) < 4.78 is 140. The van der Waals surface area contributed by atoms with Crippen molar-refractivity contribution in [2.45, 2.75) is 16.2 Å². The topological polar surface area (TPSA) is 24.9 Å². The average molecular weight is 1510 g/mol. The highest BCUT2D eigenvalue weighted by Crippen LogP contribution is 2.66. The lowest BCUT2D eigenvalue weighted by Gasteiger charge is -2.35. The second kappa shape index (κ2) is 27.0. The van der Waals surface area contributed by atoms with Crippen LogP contribution >= 0.6 is 0 Å². The van der Waals surface area contributed by atoms with Crippen LogP contribution in [-0.2, 0) is 16.2 Å². The minimum absolute atomic E-state index is 0.263. The van der Waals surface area contributed by atoms with Gasteiger partial charge >= 0.3 is 0 Å². The molecule has 4 aliphatic carbocycles. The predicted octanol–water partition coefficient (Wildman–Crippen LogP) is 27.7. The van der Waals surface area contributed by atoms with Crippen molar-refractivity contribution in [1.29, 1.82) is 0 Å². The van der Waals surface area contributed by atoms with Crippen LogP contribution < -0.4 is 19.3 Å². The summed E-state index contributed by atoms with van der Waals surface area (Å²) in [5, 5.41) is 0. The number of hydrogen-bond donors (Lipinski definition) is 0. The summed E-state index contributed by atoms with van der Waals surface area (Å²) >= 11 is 0. The first-order chi connectivity index (χ1) is 56.1. The Bertz CT molecular complexity index is 6320. The zero-order chi connectivity index (χ0) is 78.2. The highest BCUT2D eigenvalue weighted by atomic mass is 19.2. The summed E-state index contributed by atoms with van der Waals surface area (Å²) in [5.41, 5.74) is 16.3. The molecule has 552 valence electrons. The van der Waals surface area contributed by atoms with Gasteiger partial charge in [0.15, 0.2) is 46.5 Å². The molecule has 4 aliphatic rings. The molecular weight excluding hydrogens is 1450 g/mol. The minimum Gasteiger partial charge on any atom is -0.457 e. The fraction of sp³-hybridized carbons (Fsp3) is 0.0291. The molecule has 12 heteroatoms. The predicted molar refractivity (Wildman–Crippen MR) is 440 cm³/mol. The number of halogens is 8. The summed E-state index contributed by atoms with van der Waals surface area (Å²) in [6.07, 6.45) is 3.49. The van der Waals surface area contributed by atoms with Crippen molar-refractivity contribution in [3.05, 3.63) is 477 Å². The molecule has 115 heavy (non-hydrogen) atoms. The van der Waals surface area contributed by atoms with Gasteiger partial charge in [-0.15, -0.1) is 0 Å². The molecule has 4 nitrogen and oxygen atoms in total.